The minimum absolute atomic E-state index is 0.127. The summed E-state index contributed by atoms with van der Waals surface area (Å²) in [5.74, 6) is 6.73. The lowest BCUT2D eigenvalue weighted by Gasteiger charge is -2.22. The van der Waals surface area contributed by atoms with Crippen molar-refractivity contribution in [3.05, 3.63) is 126 Å². The first-order chi connectivity index (χ1) is 18.1. The molecule has 1 aliphatic heterocycles. The van der Waals surface area contributed by atoms with Gasteiger partial charge >= 0.3 is 0 Å². The van der Waals surface area contributed by atoms with Crippen molar-refractivity contribution >= 4 is 17.3 Å². The molecule has 1 N–H and O–H groups in total. The van der Waals surface area contributed by atoms with E-state index >= 15 is 0 Å². The van der Waals surface area contributed by atoms with Gasteiger partial charge in [0.2, 0.25) is 0 Å². The summed E-state index contributed by atoms with van der Waals surface area (Å²) >= 11 is 0. The third kappa shape index (κ3) is 5.68. The highest BCUT2D eigenvalue weighted by atomic mass is 16.5. The number of carbonyl (C=O) groups excluding carboxylic acids is 1. The molecule has 4 aromatic rings. The molecule has 6 nitrogen and oxygen atoms in total. The van der Waals surface area contributed by atoms with Gasteiger partial charge in [0.25, 0.3) is 5.91 Å². The summed E-state index contributed by atoms with van der Waals surface area (Å²) in [4.78, 5) is 23.5. The molecule has 0 unspecified atom stereocenters. The fourth-order valence-corrected chi connectivity index (χ4v) is 4.13. The lowest BCUT2D eigenvalue weighted by atomic mass is 10.0. The van der Waals surface area contributed by atoms with Crippen LogP contribution in [-0.4, -0.2) is 35.6 Å². The smallest absolute Gasteiger partial charge is 0.252 e. The molecule has 2 aromatic heterocycles. The van der Waals surface area contributed by atoms with Crippen molar-refractivity contribution in [1.29, 1.82) is 0 Å². The number of hydrogen-bond acceptors (Lipinski definition) is 5. The predicted octanol–water partition coefficient (Wildman–Crippen LogP) is 4.45. The standard InChI is InChI=1S/C31H26N4O2/c1-22(27-18-26(14-16-33-27)17-23-7-4-3-5-8-23)34-28-21-37-30-13-12-24(19-29(30)35(2)31(28)36)10-11-25-9-6-15-32-20-25/h3-9,12-16,18-20,28,34H,1,17,21H2,2H3/t28-/m0/s1. The quantitative estimate of drug-likeness (QED) is 0.422. The largest absolute Gasteiger partial charge is 0.489 e. The van der Waals surface area contributed by atoms with Gasteiger partial charge in [0.1, 0.15) is 18.4 Å². The molecule has 1 atom stereocenters. The number of nitrogens with zero attached hydrogens (tertiary/aromatic N) is 3. The number of ether oxygens (including phenoxy) is 1. The molecular formula is C31H26N4O2. The second-order valence-corrected chi connectivity index (χ2v) is 8.77. The van der Waals surface area contributed by atoms with Gasteiger partial charge in [-0.25, -0.2) is 0 Å². The van der Waals surface area contributed by atoms with E-state index in [1.54, 1.807) is 30.5 Å². The van der Waals surface area contributed by atoms with E-state index in [0.717, 1.165) is 23.1 Å². The molecule has 0 fully saturated rings. The molecule has 182 valence electrons. The van der Waals surface area contributed by atoms with Gasteiger partial charge in [-0.05, 0) is 60.0 Å². The van der Waals surface area contributed by atoms with Crippen LogP contribution in [0.5, 0.6) is 5.75 Å². The van der Waals surface area contributed by atoms with Crippen LogP contribution in [-0.2, 0) is 11.2 Å². The van der Waals surface area contributed by atoms with Crippen molar-refractivity contribution in [3.8, 4) is 17.6 Å². The number of fused-ring (bicyclic) bond motifs is 1. The van der Waals surface area contributed by atoms with Gasteiger partial charge in [0.05, 0.1) is 17.1 Å². The Kier molecular flexibility index (Phi) is 6.95. The number of pyridine rings is 2. The van der Waals surface area contributed by atoms with Gasteiger partial charge in [-0.15, -0.1) is 0 Å². The molecule has 6 heteroatoms. The van der Waals surface area contributed by atoms with Crippen LogP contribution in [0.25, 0.3) is 5.70 Å². The van der Waals surface area contributed by atoms with Gasteiger partial charge in [0, 0.05) is 36.8 Å². The first-order valence-electron chi connectivity index (χ1n) is 12.0. The maximum absolute atomic E-state index is 13.4. The molecule has 5 rings (SSSR count). The summed E-state index contributed by atoms with van der Waals surface area (Å²) in [7, 11) is 1.74. The molecule has 37 heavy (non-hydrogen) atoms. The molecule has 0 bridgehead atoms. The lowest BCUT2D eigenvalue weighted by molar-refractivity contribution is -0.120. The second-order valence-electron chi connectivity index (χ2n) is 8.77. The van der Waals surface area contributed by atoms with E-state index in [1.165, 1.54) is 5.56 Å². The number of nitrogens with one attached hydrogen (secondary N) is 1. The number of benzene rings is 2. The highest BCUT2D eigenvalue weighted by Gasteiger charge is 2.30. The Morgan fingerprint density at radius 2 is 1.86 bits per heavy atom. The van der Waals surface area contributed by atoms with Crippen molar-refractivity contribution in [3.63, 3.8) is 0 Å². The first-order valence-corrected chi connectivity index (χ1v) is 12.0. The van der Waals surface area contributed by atoms with E-state index in [1.807, 2.05) is 60.7 Å². The number of carbonyl (C=O) groups is 1. The zero-order valence-corrected chi connectivity index (χ0v) is 20.5. The van der Waals surface area contributed by atoms with E-state index in [-0.39, 0.29) is 12.5 Å². The molecular weight excluding hydrogens is 460 g/mol. The molecule has 0 spiro atoms. The van der Waals surface area contributed by atoms with E-state index in [9.17, 15) is 4.79 Å². The summed E-state index contributed by atoms with van der Waals surface area (Å²) in [6, 6.07) is 23.0. The Hall–Kier alpha value is -4.89. The Labute approximate surface area is 216 Å². The zero-order chi connectivity index (χ0) is 25.6. The monoisotopic (exact) mass is 486 g/mol. The average Bonchev–Trinajstić information content (AvgIpc) is 3.05. The summed E-state index contributed by atoms with van der Waals surface area (Å²) < 4.78 is 6.01. The van der Waals surface area contributed by atoms with Gasteiger partial charge in [-0.2, -0.15) is 0 Å². The minimum atomic E-state index is -0.616. The van der Waals surface area contributed by atoms with Crippen LogP contribution >= 0.6 is 0 Å². The zero-order valence-electron chi connectivity index (χ0n) is 20.5. The number of amides is 1. The van der Waals surface area contributed by atoms with Crippen LogP contribution in [0.1, 0.15) is 27.9 Å². The van der Waals surface area contributed by atoms with Crippen molar-refractivity contribution in [1.82, 2.24) is 15.3 Å². The molecule has 1 amide bonds. The van der Waals surface area contributed by atoms with Gasteiger partial charge in [-0.3, -0.25) is 14.8 Å². The van der Waals surface area contributed by atoms with Gasteiger partial charge in [0.15, 0.2) is 0 Å². The molecule has 0 saturated carbocycles. The van der Waals surface area contributed by atoms with Crippen molar-refractivity contribution in [2.24, 2.45) is 0 Å². The van der Waals surface area contributed by atoms with Gasteiger partial charge < -0.3 is 15.0 Å². The first kappa shape index (κ1) is 23.8. The Bertz CT molecular complexity index is 1490. The van der Waals surface area contributed by atoms with Crippen molar-refractivity contribution in [2.75, 3.05) is 18.6 Å². The topological polar surface area (TPSA) is 67.3 Å². The molecule has 0 radical (unpaired) electrons. The van der Waals surface area contributed by atoms with E-state index in [4.69, 9.17) is 4.74 Å². The molecule has 0 aliphatic carbocycles. The van der Waals surface area contributed by atoms with Gasteiger partial charge in [-0.1, -0.05) is 48.8 Å². The average molecular weight is 487 g/mol. The number of aromatic nitrogens is 2. The Morgan fingerprint density at radius 3 is 2.68 bits per heavy atom. The third-order valence-electron chi connectivity index (χ3n) is 6.10. The van der Waals surface area contributed by atoms with E-state index in [2.05, 4.69) is 45.8 Å². The van der Waals surface area contributed by atoms with Crippen molar-refractivity contribution < 1.29 is 9.53 Å². The van der Waals surface area contributed by atoms with Crippen molar-refractivity contribution in [2.45, 2.75) is 12.5 Å². The highest BCUT2D eigenvalue weighted by molar-refractivity contribution is 5.99. The summed E-state index contributed by atoms with van der Waals surface area (Å²) in [5.41, 5.74) is 5.86. The van der Waals surface area contributed by atoms with Crippen LogP contribution in [0.3, 0.4) is 0 Å². The summed E-state index contributed by atoms with van der Waals surface area (Å²) in [6.07, 6.45) is 5.98. The van der Waals surface area contributed by atoms with E-state index < -0.39 is 6.04 Å². The fourth-order valence-electron chi connectivity index (χ4n) is 4.13. The normalized spacial score (nSPS) is 14.5. The van der Waals surface area contributed by atoms with Crippen LogP contribution in [0, 0.1) is 11.8 Å². The summed E-state index contributed by atoms with van der Waals surface area (Å²) in [5, 5.41) is 3.23. The molecule has 0 saturated heterocycles. The summed E-state index contributed by atoms with van der Waals surface area (Å²) in [6.45, 7) is 4.32. The third-order valence-corrected chi connectivity index (χ3v) is 6.10. The lowest BCUT2D eigenvalue weighted by Crippen LogP contribution is -2.46. The van der Waals surface area contributed by atoms with E-state index in [0.29, 0.717) is 22.8 Å². The minimum Gasteiger partial charge on any atom is -0.489 e. The fraction of sp³-hybridized carbons (Fsp3) is 0.129. The van der Waals surface area contributed by atoms with Crippen LogP contribution in [0.15, 0.2) is 98.0 Å². The highest BCUT2D eigenvalue weighted by Crippen LogP contribution is 2.31. The molecule has 1 aliphatic rings. The van der Waals surface area contributed by atoms with Crippen LogP contribution < -0.4 is 15.0 Å². The number of rotatable bonds is 5. The Morgan fingerprint density at radius 1 is 1.03 bits per heavy atom. The SMILES string of the molecule is C=C(N[C@H]1COc2ccc(C#Cc3cccnc3)cc2N(C)C1=O)c1cc(Cc2ccccc2)ccn1. The number of hydrogen-bond donors (Lipinski definition) is 1. The Balaban J connectivity index is 1.30. The maximum atomic E-state index is 13.4. The predicted molar refractivity (Wildman–Crippen MR) is 145 cm³/mol. The second kappa shape index (κ2) is 10.8. The molecule has 3 heterocycles. The number of anilines is 1. The number of likely N-dealkylation sites (N-methyl/N-ethyl adjacent to an activating group) is 1. The van der Waals surface area contributed by atoms with Crippen LogP contribution in [0.4, 0.5) is 5.69 Å². The molecule has 2 aromatic carbocycles. The maximum Gasteiger partial charge on any atom is 0.252 e. The van der Waals surface area contributed by atoms with Crippen LogP contribution in [0.2, 0.25) is 0 Å².